The first-order chi connectivity index (χ1) is 9.38. The van der Waals surface area contributed by atoms with Crippen LogP contribution in [0, 0.1) is 0 Å². The van der Waals surface area contributed by atoms with E-state index in [1.165, 1.54) is 0 Å². The highest BCUT2D eigenvalue weighted by Crippen LogP contribution is 2.06. The molecule has 0 saturated carbocycles. The van der Waals surface area contributed by atoms with E-state index >= 15 is 0 Å². The molecule has 1 heterocycles. The van der Waals surface area contributed by atoms with Crippen LogP contribution in [0.1, 0.15) is 17.3 Å². The van der Waals surface area contributed by atoms with E-state index < -0.39 is 0 Å². The van der Waals surface area contributed by atoms with Gasteiger partial charge >= 0.3 is 0 Å². The molecule has 0 spiro atoms. The van der Waals surface area contributed by atoms with Gasteiger partial charge in [0.15, 0.2) is 5.82 Å². The van der Waals surface area contributed by atoms with E-state index in [1.807, 2.05) is 30.3 Å². The predicted octanol–water partition coefficient (Wildman–Crippen LogP) is 1.33. The highest BCUT2D eigenvalue weighted by molar-refractivity contribution is 5.18. The lowest BCUT2D eigenvalue weighted by atomic mass is 10.1. The average molecular weight is 263 g/mol. The molecule has 0 aliphatic heterocycles. The monoisotopic (exact) mass is 263 g/mol. The summed E-state index contributed by atoms with van der Waals surface area (Å²) in [6, 6.07) is 10.0. The van der Waals surface area contributed by atoms with Crippen LogP contribution in [0.25, 0.3) is 0 Å². The minimum atomic E-state index is 0.380. The van der Waals surface area contributed by atoms with Crippen molar-refractivity contribution in [3.63, 3.8) is 0 Å². The molecule has 0 unspecified atom stereocenters. The van der Waals surface area contributed by atoms with Gasteiger partial charge in [0, 0.05) is 13.5 Å². The Labute approximate surface area is 111 Å². The van der Waals surface area contributed by atoms with Gasteiger partial charge in [-0.25, -0.2) is 0 Å². The minimum Gasteiger partial charge on any atom is -0.382 e. The minimum absolute atomic E-state index is 0.380. The lowest BCUT2D eigenvalue weighted by Crippen LogP contribution is -2.17. The lowest BCUT2D eigenvalue weighted by Gasteiger charge is -2.01. The van der Waals surface area contributed by atoms with Gasteiger partial charge < -0.3 is 9.26 Å². The molecule has 102 valence electrons. The van der Waals surface area contributed by atoms with Gasteiger partial charge in [0.25, 0.3) is 0 Å². The van der Waals surface area contributed by atoms with Gasteiger partial charge in [0.1, 0.15) is 6.54 Å². The summed E-state index contributed by atoms with van der Waals surface area (Å²) in [5, 5.41) is 3.92. The predicted molar refractivity (Wildman–Crippen MR) is 68.2 cm³/mol. The zero-order chi connectivity index (χ0) is 13.3. The van der Waals surface area contributed by atoms with Crippen molar-refractivity contribution in [2.75, 3.05) is 20.3 Å². The number of nitrogens with zero attached hydrogens (tertiary/aromatic N) is 2. The van der Waals surface area contributed by atoms with Gasteiger partial charge in [-0.2, -0.15) is 10.5 Å². The maximum Gasteiger partial charge on any atom is 0.242 e. The Morgan fingerprint density at radius 1 is 1.21 bits per heavy atom. The maximum absolute atomic E-state index is 5.11. The Kier molecular flexibility index (Phi) is 5.49. The number of aromatic nitrogens is 2. The second-order valence-electron chi connectivity index (χ2n) is 3.93. The summed E-state index contributed by atoms with van der Waals surface area (Å²) in [7, 11) is 1.62. The van der Waals surface area contributed by atoms with Gasteiger partial charge in [-0.1, -0.05) is 35.5 Å². The van der Waals surface area contributed by atoms with Crippen LogP contribution < -0.4 is 5.48 Å². The zero-order valence-corrected chi connectivity index (χ0v) is 10.8. The molecular formula is C13H17N3O3. The molecule has 0 saturated heterocycles. The Hall–Kier alpha value is -1.76. The number of hydrogen-bond donors (Lipinski definition) is 1. The molecular weight excluding hydrogens is 246 g/mol. The van der Waals surface area contributed by atoms with Crippen molar-refractivity contribution in [2.24, 2.45) is 0 Å². The third-order valence-electron chi connectivity index (χ3n) is 2.43. The fourth-order valence-corrected chi connectivity index (χ4v) is 1.52. The Balaban J connectivity index is 1.76. The van der Waals surface area contributed by atoms with E-state index in [1.54, 1.807) is 7.11 Å². The van der Waals surface area contributed by atoms with Gasteiger partial charge in [-0.3, -0.25) is 4.84 Å². The molecule has 6 heteroatoms. The molecule has 19 heavy (non-hydrogen) atoms. The summed E-state index contributed by atoms with van der Waals surface area (Å²) in [6.07, 6.45) is 0.662. The number of benzene rings is 1. The second kappa shape index (κ2) is 7.63. The van der Waals surface area contributed by atoms with Crippen molar-refractivity contribution >= 4 is 0 Å². The molecule has 2 rings (SSSR count). The molecule has 2 aromatic rings. The number of methoxy groups -OCH3 is 1. The van der Waals surface area contributed by atoms with Gasteiger partial charge in [0.2, 0.25) is 5.89 Å². The third-order valence-corrected chi connectivity index (χ3v) is 2.43. The molecule has 1 aromatic carbocycles. The molecule has 0 fully saturated rings. The van der Waals surface area contributed by atoms with Crippen molar-refractivity contribution in [3.8, 4) is 0 Å². The molecule has 6 nitrogen and oxygen atoms in total. The maximum atomic E-state index is 5.11. The molecule has 0 aliphatic rings. The highest BCUT2D eigenvalue weighted by atomic mass is 16.7. The Morgan fingerprint density at radius 3 is 2.84 bits per heavy atom. The molecule has 0 aliphatic carbocycles. The van der Waals surface area contributed by atoms with E-state index in [2.05, 4.69) is 15.6 Å². The first kappa shape index (κ1) is 13.7. The number of ether oxygens (including phenoxy) is 1. The Bertz CT molecular complexity index is 473. The molecule has 0 bridgehead atoms. The van der Waals surface area contributed by atoms with Crippen molar-refractivity contribution in [1.82, 2.24) is 15.6 Å². The van der Waals surface area contributed by atoms with E-state index in [4.69, 9.17) is 14.1 Å². The second-order valence-corrected chi connectivity index (χ2v) is 3.93. The fourth-order valence-electron chi connectivity index (χ4n) is 1.52. The molecule has 0 atom stereocenters. The molecule has 0 radical (unpaired) electrons. The van der Waals surface area contributed by atoms with Crippen molar-refractivity contribution in [1.29, 1.82) is 0 Å². The first-order valence-corrected chi connectivity index (χ1v) is 6.07. The van der Waals surface area contributed by atoms with Crippen LogP contribution in [0.3, 0.4) is 0 Å². The third kappa shape index (κ3) is 4.78. The Morgan fingerprint density at radius 2 is 2.05 bits per heavy atom. The van der Waals surface area contributed by atoms with Gasteiger partial charge in [-0.05, 0) is 5.56 Å². The lowest BCUT2D eigenvalue weighted by molar-refractivity contribution is -0.000256. The topological polar surface area (TPSA) is 69.4 Å². The zero-order valence-electron chi connectivity index (χ0n) is 10.8. The van der Waals surface area contributed by atoms with Crippen molar-refractivity contribution in [3.05, 3.63) is 47.6 Å². The summed E-state index contributed by atoms with van der Waals surface area (Å²) in [5.74, 6) is 1.17. The fraction of sp³-hybridized carbons (Fsp3) is 0.385. The van der Waals surface area contributed by atoms with E-state index in [0.29, 0.717) is 37.9 Å². The standard InChI is InChI=1S/C13H17N3O3/c1-17-7-8-18-14-10-13-15-12(16-19-13)9-11-5-3-2-4-6-11/h2-6,14H,7-10H2,1H3. The number of rotatable bonds is 8. The van der Waals surface area contributed by atoms with Gasteiger partial charge in [-0.15, -0.1) is 0 Å². The average Bonchev–Trinajstić information content (AvgIpc) is 2.87. The smallest absolute Gasteiger partial charge is 0.242 e. The summed E-state index contributed by atoms with van der Waals surface area (Å²) in [5.41, 5.74) is 3.89. The van der Waals surface area contributed by atoms with Crippen molar-refractivity contribution < 1.29 is 14.1 Å². The highest BCUT2D eigenvalue weighted by Gasteiger charge is 2.06. The quantitative estimate of drug-likeness (QED) is 0.572. The molecule has 1 aromatic heterocycles. The summed E-state index contributed by atoms with van der Waals surface area (Å²) >= 11 is 0. The van der Waals surface area contributed by atoms with Crippen molar-refractivity contribution in [2.45, 2.75) is 13.0 Å². The normalized spacial score (nSPS) is 10.8. The van der Waals surface area contributed by atoms with Gasteiger partial charge in [0.05, 0.1) is 13.2 Å². The number of hydrogen-bond acceptors (Lipinski definition) is 6. The molecule has 1 N–H and O–H groups in total. The number of nitrogens with one attached hydrogen (secondary N) is 1. The largest absolute Gasteiger partial charge is 0.382 e. The molecule has 0 amide bonds. The first-order valence-electron chi connectivity index (χ1n) is 6.07. The number of hydroxylamine groups is 1. The van der Waals surface area contributed by atoms with Crippen LogP contribution in [0.2, 0.25) is 0 Å². The van der Waals surface area contributed by atoms with Crippen LogP contribution >= 0.6 is 0 Å². The van der Waals surface area contributed by atoms with E-state index in [9.17, 15) is 0 Å². The van der Waals surface area contributed by atoms with E-state index in [-0.39, 0.29) is 0 Å². The van der Waals surface area contributed by atoms with E-state index in [0.717, 1.165) is 5.56 Å². The summed E-state index contributed by atoms with van der Waals surface area (Å²) in [4.78, 5) is 9.37. The van der Waals surface area contributed by atoms with Crippen LogP contribution in [0.5, 0.6) is 0 Å². The van der Waals surface area contributed by atoms with Crippen LogP contribution in [0.15, 0.2) is 34.9 Å². The van der Waals surface area contributed by atoms with Crippen LogP contribution in [-0.4, -0.2) is 30.5 Å². The summed E-state index contributed by atoms with van der Waals surface area (Å²) < 4.78 is 9.96. The van der Waals surface area contributed by atoms with Crippen LogP contribution in [-0.2, 0) is 22.5 Å². The van der Waals surface area contributed by atoms with Crippen LogP contribution in [0.4, 0.5) is 0 Å². The summed E-state index contributed by atoms with van der Waals surface area (Å²) in [6.45, 7) is 1.39. The SMILES string of the molecule is COCCONCc1nc(Cc2ccccc2)no1.